The molecule has 6 heteroatoms. The summed E-state index contributed by atoms with van der Waals surface area (Å²) in [4.78, 5) is 18.0. The Labute approximate surface area is 125 Å². The highest BCUT2D eigenvalue weighted by molar-refractivity contribution is 5.78. The molecular formula is C15H23N3O3. The van der Waals surface area contributed by atoms with Crippen LogP contribution in [0.1, 0.15) is 18.5 Å². The number of carbonyl (C=O) groups excluding carboxylic acids is 1. The van der Waals surface area contributed by atoms with E-state index in [1.165, 1.54) is 0 Å². The number of pyridine rings is 1. The summed E-state index contributed by atoms with van der Waals surface area (Å²) in [6, 6.07) is 5.58. The van der Waals surface area contributed by atoms with Gasteiger partial charge in [0.1, 0.15) is 5.60 Å². The van der Waals surface area contributed by atoms with E-state index in [0.29, 0.717) is 51.3 Å². The topological polar surface area (TPSA) is 74.7 Å². The predicted molar refractivity (Wildman–Crippen MR) is 78.7 cm³/mol. The van der Waals surface area contributed by atoms with Crippen LogP contribution < -0.4 is 5.32 Å². The molecule has 1 amide bonds. The lowest BCUT2D eigenvalue weighted by Gasteiger charge is -2.37. The van der Waals surface area contributed by atoms with E-state index in [1.807, 2.05) is 18.2 Å². The number of nitrogens with one attached hydrogen (secondary N) is 1. The number of likely N-dealkylation sites (tertiary alicyclic amines) is 1. The molecule has 6 nitrogen and oxygen atoms in total. The number of methoxy groups -OCH3 is 1. The summed E-state index contributed by atoms with van der Waals surface area (Å²) in [5, 5.41) is 13.5. The molecule has 0 aliphatic carbocycles. The van der Waals surface area contributed by atoms with Crippen LogP contribution in [0.2, 0.25) is 0 Å². The minimum atomic E-state index is -0.871. The van der Waals surface area contributed by atoms with Crippen molar-refractivity contribution in [2.75, 3.05) is 39.9 Å². The molecular weight excluding hydrogens is 270 g/mol. The lowest BCUT2D eigenvalue weighted by molar-refractivity contribution is -0.123. The monoisotopic (exact) mass is 293 g/mol. The first-order valence-electron chi connectivity index (χ1n) is 7.26. The third-order valence-electron chi connectivity index (χ3n) is 3.82. The molecule has 2 heterocycles. The van der Waals surface area contributed by atoms with Crippen molar-refractivity contribution in [3.63, 3.8) is 0 Å². The number of rotatable bonds is 6. The van der Waals surface area contributed by atoms with Crippen LogP contribution >= 0.6 is 0 Å². The second-order valence-electron chi connectivity index (χ2n) is 5.37. The van der Waals surface area contributed by atoms with Crippen LogP contribution in [0, 0.1) is 0 Å². The smallest absolute Gasteiger partial charge is 0.234 e. The average molecular weight is 293 g/mol. The second-order valence-corrected chi connectivity index (χ2v) is 5.37. The van der Waals surface area contributed by atoms with Crippen LogP contribution in [0.3, 0.4) is 0 Å². The fraction of sp³-hybridized carbons (Fsp3) is 0.600. The summed E-state index contributed by atoms with van der Waals surface area (Å²) in [5.41, 5.74) is -0.154. The number of piperidine rings is 1. The minimum Gasteiger partial charge on any atom is -0.383 e. The van der Waals surface area contributed by atoms with E-state index in [-0.39, 0.29) is 5.91 Å². The van der Waals surface area contributed by atoms with Gasteiger partial charge < -0.3 is 15.2 Å². The Morgan fingerprint density at radius 3 is 2.86 bits per heavy atom. The van der Waals surface area contributed by atoms with E-state index >= 15 is 0 Å². The molecule has 0 saturated carbocycles. The van der Waals surface area contributed by atoms with Gasteiger partial charge in [-0.2, -0.15) is 0 Å². The van der Waals surface area contributed by atoms with E-state index in [2.05, 4.69) is 15.2 Å². The molecule has 1 aliphatic rings. The Bertz CT molecular complexity index is 445. The van der Waals surface area contributed by atoms with Gasteiger partial charge >= 0.3 is 0 Å². The summed E-state index contributed by atoms with van der Waals surface area (Å²) in [6.07, 6.45) is 2.88. The predicted octanol–water partition coefficient (Wildman–Crippen LogP) is 0.128. The van der Waals surface area contributed by atoms with Gasteiger partial charge in [0.25, 0.3) is 0 Å². The zero-order chi connectivity index (χ0) is 15.1. The first-order chi connectivity index (χ1) is 10.1. The summed E-state index contributed by atoms with van der Waals surface area (Å²) in [5.74, 6) is -0.00433. The lowest BCUT2D eigenvalue weighted by Crippen LogP contribution is -2.46. The fourth-order valence-electron chi connectivity index (χ4n) is 2.53. The van der Waals surface area contributed by atoms with Crippen molar-refractivity contribution < 1.29 is 14.6 Å². The Morgan fingerprint density at radius 2 is 2.24 bits per heavy atom. The zero-order valence-electron chi connectivity index (χ0n) is 12.4. The lowest BCUT2D eigenvalue weighted by atomic mass is 9.88. The van der Waals surface area contributed by atoms with E-state index in [0.717, 1.165) is 0 Å². The van der Waals surface area contributed by atoms with Gasteiger partial charge in [-0.05, 0) is 25.0 Å². The van der Waals surface area contributed by atoms with Gasteiger partial charge in [0, 0.05) is 32.9 Å². The normalized spacial score (nSPS) is 18.4. The molecule has 116 valence electrons. The second kappa shape index (κ2) is 7.49. The highest BCUT2D eigenvalue weighted by Gasteiger charge is 2.35. The van der Waals surface area contributed by atoms with Gasteiger partial charge in [0.05, 0.1) is 18.8 Å². The molecule has 0 bridgehead atoms. The van der Waals surface area contributed by atoms with E-state index in [1.54, 1.807) is 13.3 Å². The van der Waals surface area contributed by atoms with Crippen LogP contribution in [0.15, 0.2) is 24.4 Å². The number of carbonyl (C=O) groups is 1. The molecule has 0 aromatic carbocycles. The van der Waals surface area contributed by atoms with Gasteiger partial charge in [-0.1, -0.05) is 6.07 Å². The molecule has 1 aromatic heterocycles. The quantitative estimate of drug-likeness (QED) is 0.729. The Kier molecular flexibility index (Phi) is 5.67. The largest absolute Gasteiger partial charge is 0.383 e. The van der Waals surface area contributed by atoms with Crippen molar-refractivity contribution in [1.82, 2.24) is 15.2 Å². The minimum absolute atomic E-state index is 0.00433. The third-order valence-corrected chi connectivity index (χ3v) is 3.82. The van der Waals surface area contributed by atoms with E-state index in [9.17, 15) is 9.90 Å². The number of amides is 1. The maximum atomic E-state index is 11.7. The van der Waals surface area contributed by atoms with Gasteiger partial charge in [0.15, 0.2) is 0 Å². The first-order valence-corrected chi connectivity index (χ1v) is 7.26. The van der Waals surface area contributed by atoms with Crippen LogP contribution in [0.5, 0.6) is 0 Å². The van der Waals surface area contributed by atoms with Crippen molar-refractivity contribution in [2.24, 2.45) is 0 Å². The van der Waals surface area contributed by atoms with Crippen LogP contribution in [0.25, 0.3) is 0 Å². The van der Waals surface area contributed by atoms with Gasteiger partial charge in [-0.15, -0.1) is 0 Å². The van der Waals surface area contributed by atoms with Crippen molar-refractivity contribution in [1.29, 1.82) is 0 Å². The summed E-state index contributed by atoms with van der Waals surface area (Å²) >= 11 is 0. The molecule has 2 rings (SSSR count). The Morgan fingerprint density at radius 1 is 1.48 bits per heavy atom. The maximum Gasteiger partial charge on any atom is 0.234 e. The summed E-state index contributed by atoms with van der Waals surface area (Å²) in [6.45, 7) is 2.78. The van der Waals surface area contributed by atoms with Crippen LogP contribution in [-0.4, -0.2) is 60.8 Å². The van der Waals surface area contributed by atoms with Crippen LogP contribution in [-0.2, 0) is 15.1 Å². The molecule has 0 atom stereocenters. The van der Waals surface area contributed by atoms with Crippen molar-refractivity contribution >= 4 is 5.91 Å². The van der Waals surface area contributed by atoms with Crippen molar-refractivity contribution in [2.45, 2.75) is 18.4 Å². The van der Waals surface area contributed by atoms with E-state index < -0.39 is 5.60 Å². The van der Waals surface area contributed by atoms with Gasteiger partial charge in [0.2, 0.25) is 5.91 Å². The fourth-order valence-corrected chi connectivity index (χ4v) is 2.53. The summed E-state index contributed by atoms with van der Waals surface area (Å²) in [7, 11) is 1.61. The molecule has 1 fully saturated rings. The maximum absolute atomic E-state index is 11.7. The number of nitrogens with zero attached hydrogens (tertiary/aromatic N) is 2. The standard InChI is InChI=1S/C15H23N3O3/c1-21-11-8-17-14(19)12-18-9-5-15(20,6-10-18)13-4-2-3-7-16-13/h2-4,7,20H,5-6,8-12H2,1H3,(H,17,19). The number of aliphatic hydroxyl groups is 1. The first kappa shape index (κ1) is 15.9. The van der Waals surface area contributed by atoms with Crippen molar-refractivity contribution in [3.8, 4) is 0 Å². The molecule has 2 N–H and O–H groups in total. The Balaban J connectivity index is 1.79. The van der Waals surface area contributed by atoms with E-state index in [4.69, 9.17) is 4.74 Å². The highest BCUT2D eigenvalue weighted by atomic mass is 16.5. The van der Waals surface area contributed by atoms with Gasteiger partial charge in [-0.3, -0.25) is 14.7 Å². The zero-order valence-corrected chi connectivity index (χ0v) is 12.4. The third kappa shape index (κ3) is 4.49. The SMILES string of the molecule is COCCNC(=O)CN1CCC(O)(c2ccccn2)CC1. The average Bonchev–Trinajstić information content (AvgIpc) is 2.51. The molecule has 1 aromatic rings. The van der Waals surface area contributed by atoms with Crippen molar-refractivity contribution in [3.05, 3.63) is 30.1 Å². The number of ether oxygens (including phenoxy) is 1. The number of hydrogen-bond donors (Lipinski definition) is 2. The van der Waals surface area contributed by atoms with Gasteiger partial charge in [-0.25, -0.2) is 0 Å². The molecule has 0 radical (unpaired) electrons. The molecule has 1 saturated heterocycles. The number of hydrogen-bond acceptors (Lipinski definition) is 5. The molecule has 1 aliphatic heterocycles. The molecule has 0 unspecified atom stereocenters. The highest BCUT2D eigenvalue weighted by Crippen LogP contribution is 2.31. The number of aromatic nitrogens is 1. The summed E-state index contributed by atoms with van der Waals surface area (Å²) < 4.78 is 4.89. The molecule has 0 spiro atoms. The van der Waals surface area contributed by atoms with Crippen LogP contribution in [0.4, 0.5) is 0 Å². The molecule has 21 heavy (non-hydrogen) atoms. The Hall–Kier alpha value is -1.50.